The van der Waals surface area contributed by atoms with Gasteiger partial charge >= 0.3 is 6.03 Å². The van der Waals surface area contributed by atoms with Crippen LogP contribution in [0.3, 0.4) is 0 Å². The van der Waals surface area contributed by atoms with Crippen LogP contribution in [0.5, 0.6) is 0 Å². The number of benzene rings is 1. The van der Waals surface area contributed by atoms with E-state index in [0.29, 0.717) is 26.1 Å². The minimum atomic E-state index is -3.28. The maximum atomic E-state index is 13.5. The molecular formula is C25H33N5O4S. The van der Waals surface area contributed by atoms with E-state index in [4.69, 9.17) is 0 Å². The molecule has 1 aromatic heterocycles. The first kappa shape index (κ1) is 25.1. The fourth-order valence-electron chi connectivity index (χ4n) is 4.76. The first-order valence-electron chi connectivity index (χ1n) is 12.0. The van der Waals surface area contributed by atoms with Crippen LogP contribution in [-0.4, -0.2) is 84.5 Å². The van der Waals surface area contributed by atoms with Crippen LogP contribution in [0.15, 0.2) is 54.7 Å². The van der Waals surface area contributed by atoms with Crippen molar-refractivity contribution in [3.05, 3.63) is 60.4 Å². The number of hydrogen-bond donors (Lipinski definition) is 0. The normalized spacial score (nSPS) is 21.0. The second-order valence-electron chi connectivity index (χ2n) is 9.55. The molecule has 2 fully saturated rings. The van der Waals surface area contributed by atoms with Gasteiger partial charge < -0.3 is 14.7 Å². The lowest BCUT2D eigenvalue weighted by molar-refractivity contribution is -0.121. The Morgan fingerprint density at radius 2 is 1.69 bits per heavy atom. The molecule has 10 heteroatoms. The van der Waals surface area contributed by atoms with E-state index >= 15 is 0 Å². The molecule has 2 aromatic rings. The molecule has 2 aliphatic heterocycles. The van der Waals surface area contributed by atoms with Gasteiger partial charge in [-0.1, -0.05) is 38.1 Å². The molecule has 9 nitrogen and oxygen atoms in total. The third kappa shape index (κ3) is 5.48. The number of rotatable bonds is 6. The Labute approximate surface area is 207 Å². The van der Waals surface area contributed by atoms with E-state index in [-0.39, 0.29) is 37.0 Å². The summed E-state index contributed by atoms with van der Waals surface area (Å²) < 4.78 is 25.1. The monoisotopic (exact) mass is 499 g/mol. The molecule has 0 radical (unpaired) electrons. The first-order chi connectivity index (χ1) is 16.7. The SMILES string of the molecule is CC(C)CC(=O)N(c1ccccc1)C1CN(C(=O)N2CCN(S(C)(=O)=O)CC2)C1c1ccccn1. The minimum Gasteiger partial charge on any atom is -0.322 e. The van der Waals surface area contributed by atoms with Crippen molar-refractivity contribution in [3.63, 3.8) is 0 Å². The van der Waals surface area contributed by atoms with Gasteiger partial charge in [-0.15, -0.1) is 0 Å². The van der Waals surface area contributed by atoms with Crippen LogP contribution in [0.4, 0.5) is 10.5 Å². The van der Waals surface area contributed by atoms with Gasteiger partial charge in [-0.3, -0.25) is 9.78 Å². The lowest BCUT2D eigenvalue weighted by Crippen LogP contribution is -2.67. The van der Waals surface area contributed by atoms with Crippen LogP contribution in [0.1, 0.15) is 32.0 Å². The van der Waals surface area contributed by atoms with Crippen LogP contribution < -0.4 is 4.90 Å². The van der Waals surface area contributed by atoms with E-state index in [9.17, 15) is 18.0 Å². The number of para-hydroxylation sites is 1. The summed E-state index contributed by atoms with van der Waals surface area (Å²) in [5.41, 5.74) is 1.53. The van der Waals surface area contributed by atoms with Crippen LogP contribution in [0, 0.1) is 5.92 Å². The van der Waals surface area contributed by atoms with Crippen molar-refractivity contribution < 1.29 is 18.0 Å². The number of aromatic nitrogens is 1. The van der Waals surface area contributed by atoms with E-state index < -0.39 is 16.1 Å². The van der Waals surface area contributed by atoms with Crippen molar-refractivity contribution in [1.29, 1.82) is 0 Å². The topological polar surface area (TPSA) is 94.1 Å². The Bertz CT molecular complexity index is 1130. The molecule has 3 amide bonds. The van der Waals surface area contributed by atoms with E-state index in [2.05, 4.69) is 4.98 Å². The smallest absolute Gasteiger partial charge is 0.320 e. The predicted octanol–water partition coefficient (Wildman–Crippen LogP) is 2.58. The predicted molar refractivity (Wildman–Crippen MR) is 134 cm³/mol. The standard InChI is InChI=1S/C25H33N5O4S/c1-19(2)17-23(31)30(20-9-5-4-6-10-20)22-18-29(24(22)21-11-7-8-12-26-21)25(32)27-13-15-28(16-14-27)35(3,33)34/h4-12,19,22,24H,13-18H2,1-3H3. The number of nitrogens with zero attached hydrogens (tertiary/aromatic N) is 5. The Morgan fingerprint density at radius 3 is 2.26 bits per heavy atom. The Kier molecular flexibility index (Phi) is 7.42. The van der Waals surface area contributed by atoms with Crippen LogP contribution >= 0.6 is 0 Å². The van der Waals surface area contributed by atoms with E-state index in [1.54, 1.807) is 16.0 Å². The van der Waals surface area contributed by atoms with Crippen molar-refractivity contribution in [2.24, 2.45) is 5.92 Å². The molecule has 4 rings (SSSR count). The number of carbonyl (C=O) groups is 2. The van der Waals surface area contributed by atoms with Crippen molar-refractivity contribution in [2.75, 3.05) is 43.9 Å². The van der Waals surface area contributed by atoms with Crippen molar-refractivity contribution in [2.45, 2.75) is 32.4 Å². The fraction of sp³-hybridized carbons (Fsp3) is 0.480. The third-order valence-corrected chi connectivity index (χ3v) is 7.82. The van der Waals surface area contributed by atoms with Gasteiger partial charge in [0.2, 0.25) is 15.9 Å². The van der Waals surface area contributed by atoms with Crippen molar-refractivity contribution in [3.8, 4) is 0 Å². The largest absolute Gasteiger partial charge is 0.322 e. The third-order valence-electron chi connectivity index (χ3n) is 6.52. The van der Waals surface area contributed by atoms with Crippen molar-refractivity contribution in [1.82, 2.24) is 19.1 Å². The van der Waals surface area contributed by atoms with E-state index in [1.807, 2.05) is 67.3 Å². The lowest BCUT2D eigenvalue weighted by Gasteiger charge is -2.53. The first-order valence-corrected chi connectivity index (χ1v) is 13.8. The van der Waals surface area contributed by atoms with Crippen LogP contribution in [0.25, 0.3) is 0 Å². The van der Waals surface area contributed by atoms with Gasteiger partial charge in [0, 0.05) is 51.0 Å². The number of hydrogen-bond acceptors (Lipinski definition) is 5. The summed E-state index contributed by atoms with van der Waals surface area (Å²) in [6.07, 6.45) is 3.29. The summed E-state index contributed by atoms with van der Waals surface area (Å²) in [4.78, 5) is 36.7. The Balaban J connectivity index is 1.60. The van der Waals surface area contributed by atoms with Crippen molar-refractivity contribution >= 4 is 27.6 Å². The van der Waals surface area contributed by atoms with Crippen LogP contribution in [-0.2, 0) is 14.8 Å². The molecule has 0 bridgehead atoms. The number of carbonyl (C=O) groups excluding carboxylic acids is 2. The highest BCUT2D eigenvalue weighted by molar-refractivity contribution is 7.88. The highest BCUT2D eigenvalue weighted by Crippen LogP contribution is 2.39. The Hall–Kier alpha value is -2.98. The maximum Gasteiger partial charge on any atom is 0.320 e. The summed E-state index contributed by atoms with van der Waals surface area (Å²) in [7, 11) is -3.28. The van der Waals surface area contributed by atoms with E-state index in [1.165, 1.54) is 10.6 Å². The molecule has 35 heavy (non-hydrogen) atoms. The zero-order valence-corrected chi connectivity index (χ0v) is 21.3. The van der Waals surface area contributed by atoms with Gasteiger partial charge in [0.05, 0.1) is 24.0 Å². The number of likely N-dealkylation sites (tertiary alicyclic amines) is 1. The summed E-state index contributed by atoms with van der Waals surface area (Å²) in [5, 5.41) is 0. The van der Waals surface area contributed by atoms with Gasteiger partial charge in [-0.25, -0.2) is 13.2 Å². The highest BCUT2D eigenvalue weighted by Gasteiger charge is 2.50. The van der Waals surface area contributed by atoms with Gasteiger partial charge in [-0.2, -0.15) is 4.31 Å². The molecule has 0 spiro atoms. The lowest BCUT2D eigenvalue weighted by atomic mass is 9.90. The molecule has 0 saturated carbocycles. The summed E-state index contributed by atoms with van der Waals surface area (Å²) in [6, 6.07) is 14.4. The summed E-state index contributed by atoms with van der Waals surface area (Å²) in [6.45, 7) is 5.63. The minimum absolute atomic E-state index is 0.0194. The maximum absolute atomic E-state index is 13.5. The average molecular weight is 500 g/mol. The number of sulfonamides is 1. The van der Waals surface area contributed by atoms with Gasteiger partial charge in [0.25, 0.3) is 0 Å². The molecule has 1 aromatic carbocycles. The second kappa shape index (κ2) is 10.3. The fourth-order valence-corrected chi connectivity index (χ4v) is 5.59. The van der Waals surface area contributed by atoms with Gasteiger partial charge in [-0.05, 0) is 30.2 Å². The molecule has 2 aliphatic rings. The average Bonchev–Trinajstić information content (AvgIpc) is 2.81. The molecular weight excluding hydrogens is 466 g/mol. The molecule has 0 N–H and O–H groups in total. The number of pyridine rings is 1. The molecule has 2 atom stereocenters. The summed E-state index contributed by atoms with van der Waals surface area (Å²) >= 11 is 0. The Morgan fingerprint density at radius 1 is 1.03 bits per heavy atom. The molecule has 2 saturated heterocycles. The molecule has 188 valence electrons. The highest BCUT2D eigenvalue weighted by atomic mass is 32.2. The number of amides is 3. The zero-order chi connectivity index (χ0) is 25.2. The molecule has 3 heterocycles. The van der Waals surface area contributed by atoms with Crippen LogP contribution in [0.2, 0.25) is 0 Å². The number of anilines is 1. The van der Waals surface area contributed by atoms with E-state index in [0.717, 1.165) is 11.4 Å². The zero-order valence-electron chi connectivity index (χ0n) is 20.4. The molecule has 0 aliphatic carbocycles. The number of piperazine rings is 1. The van der Waals surface area contributed by atoms with Gasteiger partial charge in [0.15, 0.2) is 0 Å². The van der Waals surface area contributed by atoms with Gasteiger partial charge in [0.1, 0.15) is 0 Å². The summed E-state index contributed by atoms with van der Waals surface area (Å²) in [5.74, 6) is 0.219. The quantitative estimate of drug-likeness (QED) is 0.609. The number of urea groups is 1. The second-order valence-corrected chi connectivity index (χ2v) is 11.5. The molecule has 2 unspecified atom stereocenters.